The summed E-state index contributed by atoms with van der Waals surface area (Å²) in [5, 5.41) is 0. The van der Waals surface area contributed by atoms with Crippen molar-refractivity contribution in [2.75, 3.05) is 31.1 Å². The fourth-order valence-electron chi connectivity index (χ4n) is 3.64. The van der Waals surface area contributed by atoms with Gasteiger partial charge in [-0.3, -0.25) is 9.69 Å². The van der Waals surface area contributed by atoms with E-state index >= 15 is 0 Å². The highest BCUT2D eigenvalue weighted by Gasteiger charge is 2.30. The Hall–Kier alpha value is -1.42. The molecule has 2 saturated heterocycles. The number of hydrogen-bond acceptors (Lipinski definition) is 3. The molecular weight excluding hydrogens is 267 g/mol. The van der Waals surface area contributed by atoms with E-state index in [-0.39, 0.29) is 11.6 Å². The van der Waals surface area contributed by atoms with E-state index in [2.05, 4.69) is 9.80 Å². The van der Waals surface area contributed by atoms with Crippen LogP contribution in [0.15, 0.2) is 12.1 Å². The van der Waals surface area contributed by atoms with E-state index in [4.69, 9.17) is 0 Å². The molecule has 3 nitrogen and oxygen atoms in total. The monoisotopic (exact) mass is 290 g/mol. The van der Waals surface area contributed by atoms with Crippen molar-refractivity contribution in [3.05, 3.63) is 29.1 Å². The fraction of sp³-hybridized carbons (Fsp3) is 0.588. The van der Waals surface area contributed by atoms with Gasteiger partial charge in [0.2, 0.25) is 0 Å². The first-order chi connectivity index (χ1) is 10.1. The number of nitrogens with zero attached hydrogens (tertiary/aromatic N) is 2. The van der Waals surface area contributed by atoms with Gasteiger partial charge in [0, 0.05) is 36.9 Å². The second kappa shape index (κ2) is 5.76. The molecule has 2 fully saturated rings. The number of fused-ring (bicyclic) bond motifs is 1. The maximum Gasteiger partial charge on any atom is 0.161 e. The molecule has 0 radical (unpaired) electrons. The number of aryl methyl sites for hydroxylation is 1. The van der Waals surface area contributed by atoms with Crippen molar-refractivity contribution in [3.63, 3.8) is 0 Å². The summed E-state index contributed by atoms with van der Waals surface area (Å²) in [6.45, 7) is 7.51. The van der Waals surface area contributed by atoms with Gasteiger partial charge in [0.1, 0.15) is 5.82 Å². The summed E-state index contributed by atoms with van der Waals surface area (Å²) in [4.78, 5) is 16.7. The molecule has 2 aliphatic rings. The largest absolute Gasteiger partial charge is 0.369 e. The van der Waals surface area contributed by atoms with Crippen LogP contribution in [0.3, 0.4) is 0 Å². The summed E-state index contributed by atoms with van der Waals surface area (Å²) >= 11 is 0. The Labute approximate surface area is 125 Å². The van der Waals surface area contributed by atoms with Crippen molar-refractivity contribution in [3.8, 4) is 0 Å². The molecule has 3 rings (SSSR count). The molecule has 0 aromatic heterocycles. The molecule has 114 valence electrons. The molecule has 21 heavy (non-hydrogen) atoms. The Morgan fingerprint density at radius 3 is 2.76 bits per heavy atom. The Bertz CT molecular complexity index is 558. The molecule has 1 aromatic carbocycles. The fourth-order valence-corrected chi connectivity index (χ4v) is 3.64. The number of rotatable bonds is 2. The molecule has 0 amide bonds. The number of carbonyl (C=O) groups excluding carboxylic acids is 1. The zero-order valence-corrected chi connectivity index (χ0v) is 12.9. The van der Waals surface area contributed by atoms with Crippen LogP contribution in [0.25, 0.3) is 0 Å². The van der Waals surface area contributed by atoms with E-state index in [1.165, 1.54) is 32.4 Å². The predicted octanol–water partition coefficient (Wildman–Crippen LogP) is 3.01. The number of carbonyl (C=O) groups is 1. The molecule has 1 atom stereocenters. The highest BCUT2D eigenvalue weighted by Crippen LogP contribution is 2.29. The topological polar surface area (TPSA) is 23.6 Å². The molecule has 0 saturated carbocycles. The Balaban J connectivity index is 1.94. The smallest absolute Gasteiger partial charge is 0.161 e. The van der Waals surface area contributed by atoms with Crippen LogP contribution in [0.4, 0.5) is 10.1 Å². The number of anilines is 1. The zero-order chi connectivity index (χ0) is 15.0. The average molecular weight is 290 g/mol. The van der Waals surface area contributed by atoms with E-state index in [0.717, 1.165) is 31.7 Å². The second-order valence-corrected chi connectivity index (χ2v) is 6.31. The molecule has 0 spiro atoms. The summed E-state index contributed by atoms with van der Waals surface area (Å²) < 4.78 is 13.8. The van der Waals surface area contributed by atoms with Crippen LogP contribution in [-0.2, 0) is 0 Å². The minimum absolute atomic E-state index is 0.0589. The van der Waals surface area contributed by atoms with Gasteiger partial charge in [-0.25, -0.2) is 4.39 Å². The summed E-state index contributed by atoms with van der Waals surface area (Å²) in [5.41, 5.74) is 2.04. The molecule has 1 aromatic rings. The van der Waals surface area contributed by atoms with Gasteiger partial charge in [-0.1, -0.05) is 0 Å². The van der Waals surface area contributed by atoms with Crippen molar-refractivity contribution in [1.82, 2.24) is 4.90 Å². The lowest BCUT2D eigenvalue weighted by Crippen LogP contribution is -2.37. The van der Waals surface area contributed by atoms with Crippen LogP contribution in [-0.4, -0.2) is 42.9 Å². The Kier molecular flexibility index (Phi) is 3.98. The van der Waals surface area contributed by atoms with Crippen LogP contribution in [0.5, 0.6) is 0 Å². The molecule has 2 aliphatic heterocycles. The number of halogens is 1. The van der Waals surface area contributed by atoms with Crippen molar-refractivity contribution in [1.29, 1.82) is 0 Å². The highest BCUT2D eigenvalue weighted by molar-refractivity contribution is 6.00. The Morgan fingerprint density at radius 1 is 1.24 bits per heavy atom. The number of hydrogen-bond donors (Lipinski definition) is 0. The minimum atomic E-state index is -0.290. The van der Waals surface area contributed by atoms with Gasteiger partial charge in [-0.05, 0) is 57.4 Å². The third-order valence-corrected chi connectivity index (χ3v) is 4.80. The molecule has 0 bridgehead atoms. The number of benzene rings is 1. The first kappa shape index (κ1) is 14.5. The van der Waals surface area contributed by atoms with E-state index in [1.807, 2.05) is 6.07 Å². The first-order valence-electron chi connectivity index (χ1n) is 7.86. The third-order valence-electron chi connectivity index (χ3n) is 4.80. The van der Waals surface area contributed by atoms with Crippen molar-refractivity contribution >= 4 is 11.5 Å². The SMILES string of the molecule is CC(=O)c1cc(F)c(C)cc1N1CCCN2CCCC2C1. The van der Waals surface area contributed by atoms with Gasteiger partial charge in [0.25, 0.3) is 0 Å². The van der Waals surface area contributed by atoms with Gasteiger partial charge in [0.15, 0.2) is 5.78 Å². The van der Waals surface area contributed by atoms with Crippen LogP contribution in [0.1, 0.15) is 42.1 Å². The normalized spacial score (nSPS) is 23.0. The van der Waals surface area contributed by atoms with Crippen LogP contribution < -0.4 is 4.90 Å². The minimum Gasteiger partial charge on any atom is -0.369 e. The van der Waals surface area contributed by atoms with Gasteiger partial charge in [-0.2, -0.15) is 0 Å². The summed E-state index contributed by atoms with van der Waals surface area (Å²) in [6, 6.07) is 3.83. The van der Waals surface area contributed by atoms with E-state index < -0.39 is 0 Å². The van der Waals surface area contributed by atoms with E-state index in [9.17, 15) is 9.18 Å². The summed E-state index contributed by atoms with van der Waals surface area (Å²) in [5.74, 6) is -0.349. The molecule has 1 unspecified atom stereocenters. The summed E-state index contributed by atoms with van der Waals surface area (Å²) in [6.07, 6.45) is 3.59. The lowest BCUT2D eigenvalue weighted by atomic mass is 10.0. The van der Waals surface area contributed by atoms with Gasteiger partial charge < -0.3 is 4.90 Å². The van der Waals surface area contributed by atoms with E-state index in [0.29, 0.717) is 17.2 Å². The highest BCUT2D eigenvalue weighted by atomic mass is 19.1. The Morgan fingerprint density at radius 2 is 2.00 bits per heavy atom. The van der Waals surface area contributed by atoms with Gasteiger partial charge in [-0.15, -0.1) is 0 Å². The molecule has 4 heteroatoms. The average Bonchev–Trinajstić information content (AvgIpc) is 2.78. The zero-order valence-electron chi connectivity index (χ0n) is 12.9. The standard InChI is InChI=1S/C17H23FN2O/c1-12-9-17(15(13(2)21)10-16(12)18)20-8-4-7-19-6-3-5-14(19)11-20/h9-10,14H,3-8,11H2,1-2H3. The quantitative estimate of drug-likeness (QED) is 0.782. The summed E-state index contributed by atoms with van der Waals surface area (Å²) in [7, 11) is 0. The lowest BCUT2D eigenvalue weighted by Gasteiger charge is -2.29. The van der Waals surface area contributed by atoms with Crippen LogP contribution >= 0.6 is 0 Å². The number of Topliss-reactive ketones (excluding diaryl/α,β-unsaturated/α-hetero) is 1. The number of ketones is 1. The first-order valence-corrected chi connectivity index (χ1v) is 7.86. The lowest BCUT2D eigenvalue weighted by molar-refractivity contribution is 0.101. The second-order valence-electron chi connectivity index (χ2n) is 6.31. The molecule has 0 N–H and O–H groups in total. The maximum absolute atomic E-state index is 13.8. The van der Waals surface area contributed by atoms with Crippen molar-refractivity contribution in [2.45, 2.75) is 39.2 Å². The third kappa shape index (κ3) is 2.82. The van der Waals surface area contributed by atoms with Crippen molar-refractivity contribution < 1.29 is 9.18 Å². The van der Waals surface area contributed by atoms with Crippen molar-refractivity contribution in [2.24, 2.45) is 0 Å². The predicted molar refractivity (Wildman–Crippen MR) is 82.6 cm³/mol. The van der Waals surface area contributed by atoms with Crippen LogP contribution in [0.2, 0.25) is 0 Å². The molecule has 2 heterocycles. The molecule has 0 aliphatic carbocycles. The van der Waals surface area contributed by atoms with E-state index in [1.54, 1.807) is 6.92 Å². The van der Waals surface area contributed by atoms with Gasteiger partial charge >= 0.3 is 0 Å². The van der Waals surface area contributed by atoms with Crippen LogP contribution in [0, 0.1) is 12.7 Å². The molecular formula is C17H23FN2O. The van der Waals surface area contributed by atoms with Gasteiger partial charge in [0.05, 0.1) is 0 Å². The maximum atomic E-state index is 13.8.